The van der Waals surface area contributed by atoms with Gasteiger partial charge in [-0.1, -0.05) is 18.2 Å². The van der Waals surface area contributed by atoms with Crippen LogP contribution in [0.1, 0.15) is 32.6 Å². The first-order chi connectivity index (χ1) is 13.5. The summed E-state index contributed by atoms with van der Waals surface area (Å²) in [6, 6.07) is 8.10. The van der Waals surface area contributed by atoms with Gasteiger partial charge in [-0.25, -0.2) is 19.1 Å². The van der Waals surface area contributed by atoms with Crippen molar-refractivity contribution in [2.24, 2.45) is 0 Å². The molecule has 154 valence electrons. The maximum atomic E-state index is 13.9. The minimum atomic E-state index is -4.93. The summed E-state index contributed by atoms with van der Waals surface area (Å²) in [6.07, 6.45) is -4.81. The standard InChI is InChI=1S/C19H19F3N4O3/c1-18(2,3)29-16(27)24-14(19(20,21)22)15-23-13-10-7-11-25(13)17(28)26(15)12-8-5-4-6-9-12/h4-11,14H,1-3H3,(H,24,27). The van der Waals surface area contributed by atoms with Crippen LogP contribution in [0.2, 0.25) is 0 Å². The maximum Gasteiger partial charge on any atom is 0.416 e. The number of rotatable bonds is 3. The Morgan fingerprint density at radius 3 is 2.34 bits per heavy atom. The predicted molar refractivity (Wildman–Crippen MR) is 99.0 cm³/mol. The van der Waals surface area contributed by atoms with Gasteiger partial charge in [0, 0.05) is 6.20 Å². The third kappa shape index (κ3) is 4.41. The van der Waals surface area contributed by atoms with Gasteiger partial charge in [0.15, 0.2) is 11.9 Å². The van der Waals surface area contributed by atoms with Gasteiger partial charge in [0.1, 0.15) is 11.2 Å². The molecule has 0 bridgehead atoms. The highest BCUT2D eigenvalue weighted by atomic mass is 19.4. The average molecular weight is 408 g/mol. The number of para-hydroxylation sites is 1. The third-order valence-electron chi connectivity index (χ3n) is 3.84. The Balaban J connectivity index is 2.21. The summed E-state index contributed by atoms with van der Waals surface area (Å²) in [5, 5.41) is 1.81. The minimum absolute atomic E-state index is 0.0254. The van der Waals surface area contributed by atoms with E-state index in [1.807, 2.05) is 0 Å². The number of nitrogens with one attached hydrogen (secondary N) is 1. The number of hydrogen-bond acceptors (Lipinski definition) is 4. The number of aromatic nitrogens is 3. The number of alkyl carbamates (subject to hydrolysis) is 1. The number of carbonyl (C=O) groups is 1. The van der Waals surface area contributed by atoms with Gasteiger partial charge in [0.05, 0.1) is 5.69 Å². The van der Waals surface area contributed by atoms with Crippen molar-refractivity contribution < 1.29 is 22.7 Å². The van der Waals surface area contributed by atoms with Crippen LogP contribution >= 0.6 is 0 Å². The van der Waals surface area contributed by atoms with Gasteiger partial charge in [0.25, 0.3) is 0 Å². The van der Waals surface area contributed by atoms with Crippen LogP contribution in [0.15, 0.2) is 53.5 Å². The molecule has 1 N–H and O–H groups in total. The van der Waals surface area contributed by atoms with E-state index in [2.05, 4.69) is 4.98 Å². The molecule has 3 rings (SSSR count). The molecule has 0 spiro atoms. The highest BCUT2D eigenvalue weighted by Crippen LogP contribution is 2.32. The monoisotopic (exact) mass is 408 g/mol. The minimum Gasteiger partial charge on any atom is -0.444 e. The van der Waals surface area contributed by atoms with Crippen molar-refractivity contribution in [3.8, 4) is 5.69 Å². The van der Waals surface area contributed by atoms with E-state index in [0.29, 0.717) is 0 Å². The molecule has 1 atom stereocenters. The van der Waals surface area contributed by atoms with Crippen LogP contribution in [-0.4, -0.2) is 31.8 Å². The second-order valence-electron chi connectivity index (χ2n) is 7.28. The number of amides is 1. The Labute approximate surface area is 163 Å². The summed E-state index contributed by atoms with van der Waals surface area (Å²) < 4.78 is 48.7. The third-order valence-corrected chi connectivity index (χ3v) is 3.84. The van der Waals surface area contributed by atoms with E-state index in [1.165, 1.54) is 51.2 Å². The molecule has 1 aromatic carbocycles. The van der Waals surface area contributed by atoms with E-state index >= 15 is 0 Å². The zero-order chi connectivity index (χ0) is 21.4. The highest BCUT2D eigenvalue weighted by Gasteiger charge is 2.46. The molecule has 0 aliphatic rings. The van der Waals surface area contributed by atoms with Crippen molar-refractivity contribution in [2.75, 3.05) is 0 Å². The number of alkyl halides is 3. The van der Waals surface area contributed by atoms with Crippen LogP contribution in [0, 0.1) is 0 Å². The summed E-state index contributed by atoms with van der Waals surface area (Å²) in [7, 11) is 0. The molecule has 1 unspecified atom stereocenters. The summed E-state index contributed by atoms with van der Waals surface area (Å²) >= 11 is 0. The van der Waals surface area contributed by atoms with Crippen LogP contribution in [-0.2, 0) is 4.74 Å². The van der Waals surface area contributed by atoms with Crippen molar-refractivity contribution in [1.29, 1.82) is 0 Å². The molecule has 3 aromatic rings. The van der Waals surface area contributed by atoms with E-state index in [0.717, 1.165) is 8.97 Å². The topological polar surface area (TPSA) is 77.6 Å². The molecule has 0 saturated heterocycles. The zero-order valence-electron chi connectivity index (χ0n) is 15.9. The molecule has 0 fully saturated rings. The molecule has 2 aromatic heterocycles. The van der Waals surface area contributed by atoms with Crippen molar-refractivity contribution in [3.05, 3.63) is 65.0 Å². The Morgan fingerprint density at radius 1 is 1.10 bits per heavy atom. The highest BCUT2D eigenvalue weighted by molar-refractivity contribution is 5.68. The lowest BCUT2D eigenvalue weighted by Crippen LogP contribution is -2.44. The van der Waals surface area contributed by atoms with Crippen LogP contribution in [0.25, 0.3) is 11.3 Å². The zero-order valence-corrected chi connectivity index (χ0v) is 15.9. The Kier molecular flexibility index (Phi) is 5.12. The van der Waals surface area contributed by atoms with Crippen molar-refractivity contribution in [2.45, 2.75) is 38.6 Å². The second kappa shape index (κ2) is 7.26. The van der Waals surface area contributed by atoms with Gasteiger partial charge < -0.3 is 10.1 Å². The van der Waals surface area contributed by atoms with Crippen molar-refractivity contribution in [3.63, 3.8) is 0 Å². The predicted octanol–water partition coefficient (Wildman–Crippen LogP) is 3.61. The normalized spacial score (nSPS) is 13.3. The van der Waals surface area contributed by atoms with Gasteiger partial charge in [-0.2, -0.15) is 13.2 Å². The van der Waals surface area contributed by atoms with Gasteiger partial charge in [0.2, 0.25) is 0 Å². The molecule has 0 saturated carbocycles. The first-order valence-electron chi connectivity index (χ1n) is 8.69. The maximum absolute atomic E-state index is 13.9. The van der Waals surface area contributed by atoms with Crippen LogP contribution in [0.3, 0.4) is 0 Å². The van der Waals surface area contributed by atoms with E-state index in [9.17, 15) is 22.8 Å². The fourth-order valence-corrected chi connectivity index (χ4v) is 2.73. The van der Waals surface area contributed by atoms with Gasteiger partial charge in [-0.05, 0) is 45.0 Å². The Morgan fingerprint density at radius 2 is 1.76 bits per heavy atom. The molecule has 7 nitrogen and oxygen atoms in total. The fraction of sp³-hybridized carbons (Fsp3) is 0.316. The van der Waals surface area contributed by atoms with Gasteiger partial charge >= 0.3 is 18.0 Å². The number of halogens is 3. The quantitative estimate of drug-likeness (QED) is 0.718. The number of nitrogens with zero attached hydrogens (tertiary/aromatic N) is 3. The average Bonchev–Trinajstić information content (AvgIpc) is 3.07. The number of carbonyl (C=O) groups excluding carboxylic acids is 1. The SMILES string of the molecule is CC(C)(C)OC(=O)NC(c1nc2cccn2c(=O)n1-c1ccccc1)C(F)(F)F. The van der Waals surface area contributed by atoms with Crippen LogP contribution < -0.4 is 11.0 Å². The van der Waals surface area contributed by atoms with E-state index in [1.54, 1.807) is 23.5 Å². The lowest BCUT2D eigenvalue weighted by molar-refractivity contribution is -0.159. The molecule has 2 heterocycles. The first-order valence-corrected chi connectivity index (χ1v) is 8.69. The molecular formula is C19H19F3N4O3. The number of hydrogen-bond donors (Lipinski definition) is 1. The summed E-state index contributed by atoms with van der Waals surface area (Å²) in [5.41, 5.74) is -1.55. The van der Waals surface area contributed by atoms with Crippen LogP contribution in [0.5, 0.6) is 0 Å². The summed E-state index contributed by atoms with van der Waals surface area (Å²) in [4.78, 5) is 29.0. The summed E-state index contributed by atoms with van der Waals surface area (Å²) in [6.45, 7) is 4.58. The van der Waals surface area contributed by atoms with Gasteiger partial charge in [-0.15, -0.1) is 0 Å². The van der Waals surface area contributed by atoms with E-state index in [4.69, 9.17) is 4.74 Å². The lowest BCUT2D eigenvalue weighted by atomic mass is 10.2. The molecule has 0 aliphatic heterocycles. The first kappa shape index (κ1) is 20.4. The Hall–Kier alpha value is -3.30. The molecular weight excluding hydrogens is 389 g/mol. The fourth-order valence-electron chi connectivity index (χ4n) is 2.73. The second-order valence-corrected chi connectivity index (χ2v) is 7.28. The molecule has 10 heteroatoms. The van der Waals surface area contributed by atoms with Crippen molar-refractivity contribution >= 4 is 11.7 Å². The largest absolute Gasteiger partial charge is 0.444 e. The van der Waals surface area contributed by atoms with E-state index < -0.39 is 35.4 Å². The number of benzene rings is 1. The Bertz CT molecular complexity index is 1080. The number of ether oxygens (including phenoxy) is 1. The smallest absolute Gasteiger partial charge is 0.416 e. The molecule has 0 aliphatic carbocycles. The molecule has 29 heavy (non-hydrogen) atoms. The molecule has 1 amide bonds. The number of fused-ring (bicyclic) bond motifs is 1. The lowest BCUT2D eigenvalue weighted by Gasteiger charge is -2.26. The van der Waals surface area contributed by atoms with Gasteiger partial charge in [-0.3, -0.25) is 4.40 Å². The van der Waals surface area contributed by atoms with E-state index in [-0.39, 0.29) is 11.3 Å². The summed E-state index contributed by atoms with van der Waals surface area (Å²) in [5.74, 6) is -0.675. The molecule has 0 radical (unpaired) electrons. The van der Waals surface area contributed by atoms with Crippen molar-refractivity contribution in [1.82, 2.24) is 19.3 Å². The van der Waals surface area contributed by atoms with Crippen LogP contribution in [0.4, 0.5) is 18.0 Å².